The summed E-state index contributed by atoms with van der Waals surface area (Å²) in [5, 5.41) is 48.2. The smallest absolute Gasteiger partial charge is 0.335 e. The van der Waals surface area contributed by atoms with Crippen LogP contribution in [0.2, 0.25) is 0 Å². The third-order valence-corrected chi connectivity index (χ3v) is 4.71. The Bertz CT molecular complexity index is 850. The zero-order valence-corrected chi connectivity index (χ0v) is 15.1. The van der Waals surface area contributed by atoms with Gasteiger partial charge in [-0.05, 0) is 47.9 Å². The van der Waals surface area contributed by atoms with Crippen LogP contribution >= 0.6 is 0 Å². The van der Waals surface area contributed by atoms with E-state index in [9.17, 15) is 25.2 Å². The van der Waals surface area contributed by atoms with Gasteiger partial charge in [0.25, 0.3) is 0 Å². The highest BCUT2D eigenvalue weighted by Crippen LogP contribution is 2.30. The molecule has 0 radical (unpaired) electrons. The van der Waals surface area contributed by atoms with Gasteiger partial charge in [-0.25, -0.2) is 4.79 Å². The topological polar surface area (TPSA) is 137 Å². The van der Waals surface area contributed by atoms with Crippen molar-refractivity contribution < 1.29 is 39.8 Å². The first-order valence-electron chi connectivity index (χ1n) is 8.73. The Morgan fingerprint density at radius 3 is 2.39 bits per heavy atom. The van der Waals surface area contributed by atoms with Gasteiger partial charge in [0.15, 0.2) is 0 Å². The Hall–Kier alpha value is -2.49. The second kappa shape index (κ2) is 8.26. The highest BCUT2D eigenvalue weighted by Gasteiger charge is 2.44. The van der Waals surface area contributed by atoms with Gasteiger partial charge in [0.2, 0.25) is 6.29 Å². The average Bonchev–Trinajstić information content (AvgIpc) is 2.69. The zero-order valence-electron chi connectivity index (χ0n) is 15.1. The molecule has 28 heavy (non-hydrogen) atoms. The SMILES string of the molecule is Cc1cc(-c2cccc(C(=O)O)c2)ccc1O[C@H]1OC(CO)[C@@H](O)C(O)C1O. The molecule has 150 valence electrons. The van der Waals surface area contributed by atoms with Crippen molar-refractivity contribution in [2.24, 2.45) is 0 Å². The molecule has 0 aromatic heterocycles. The fourth-order valence-corrected chi connectivity index (χ4v) is 3.08. The number of carboxylic acids is 1. The molecule has 3 unspecified atom stereocenters. The number of carbonyl (C=O) groups is 1. The number of aliphatic hydroxyl groups is 4. The molecule has 8 nitrogen and oxygen atoms in total. The second-order valence-corrected chi connectivity index (χ2v) is 6.68. The van der Waals surface area contributed by atoms with Crippen molar-refractivity contribution in [2.75, 3.05) is 6.61 Å². The van der Waals surface area contributed by atoms with Crippen LogP contribution in [-0.2, 0) is 4.74 Å². The minimum absolute atomic E-state index is 0.178. The van der Waals surface area contributed by atoms with Crippen molar-refractivity contribution in [3.05, 3.63) is 53.6 Å². The summed E-state index contributed by atoms with van der Waals surface area (Å²) in [4.78, 5) is 11.1. The molecule has 0 spiro atoms. The molecular weight excluding hydrogens is 368 g/mol. The number of hydrogen-bond acceptors (Lipinski definition) is 7. The van der Waals surface area contributed by atoms with Gasteiger partial charge in [-0.15, -0.1) is 0 Å². The van der Waals surface area contributed by atoms with Crippen LogP contribution in [0.4, 0.5) is 0 Å². The van der Waals surface area contributed by atoms with Crippen molar-refractivity contribution >= 4 is 5.97 Å². The van der Waals surface area contributed by atoms with E-state index in [1.165, 1.54) is 6.07 Å². The first-order chi connectivity index (χ1) is 13.3. The number of aromatic carboxylic acids is 1. The number of rotatable bonds is 5. The summed E-state index contributed by atoms with van der Waals surface area (Å²) in [5.74, 6) is -0.636. The third kappa shape index (κ3) is 4.01. The molecule has 8 heteroatoms. The molecule has 1 aliphatic heterocycles. The molecule has 0 bridgehead atoms. The van der Waals surface area contributed by atoms with E-state index in [0.717, 1.165) is 11.1 Å². The zero-order chi connectivity index (χ0) is 20.4. The number of ether oxygens (including phenoxy) is 2. The van der Waals surface area contributed by atoms with Crippen LogP contribution in [0, 0.1) is 6.92 Å². The molecule has 5 N–H and O–H groups in total. The van der Waals surface area contributed by atoms with Crippen LogP contribution in [0.15, 0.2) is 42.5 Å². The van der Waals surface area contributed by atoms with Crippen LogP contribution in [0.1, 0.15) is 15.9 Å². The summed E-state index contributed by atoms with van der Waals surface area (Å²) in [7, 11) is 0. The second-order valence-electron chi connectivity index (χ2n) is 6.68. The minimum Gasteiger partial charge on any atom is -0.478 e. The largest absolute Gasteiger partial charge is 0.478 e. The van der Waals surface area contributed by atoms with E-state index in [4.69, 9.17) is 14.6 Å². The highest BCUT2D eigenvalue weighted by atomic mass is 16.7. The molecule has 5 atom stereocenters. The van der Waals surface area contributed by atoms with Gasteiger partial charge >= 0.3 is 5.97 Å². The Labute approximate surface area is 161 Å². The van der Waals surface area contributed by atoms with Gasteiger partial charge in [0.1, 0.15) is 30.2 Å². The molecule has 0 saturated carbocycles. The third-order valence-electron chi connectivity index (χ3n) is 4.71. The van der Waals surface area contributed by atoms with Crippen molar-refractivity contribution in [1.29, 1.82) is 0 Å². The predicted molar refractivity (Wildman–Crippen MR) is 98.0 cm³/mol. The molecule has 0 aliphatic carbocycles. The van der Waals surface area contributed by atoms with Gasteiger partial charge in [-0.1, -0.05) is 18.2 Å². The standard InChI is InChI=1S/C20H22O8/c1-10-7-12(11-3-2-4-13(8-11)19(25)26)5-6-14(10)27-20-18(24)17(23)16(22)15(9-21)28-20/h2-8,15-18,20-24H,9H2,1H3,(H,25,26)/t15?,16-,17?,18?,20+/m1/s1. The maximum atomic E-state index is 11.1. The fourth-order valence-electron chi connectivity index (χ4n) is 3.08. The molecule has 2 aromatic rings. The summed E-state index contributed by atoms with van der Waals surface area (Å²) >= 11 is 0. The molecule has 1 fully saturated rings. The number of aliphatic hydroxyl groups excluding tert-OH is 4. The van der Waals surface area contributed by atoms with E-state index in [0.29, 0.717) is 11.3 Å². The number of carboxylic acid groups (broad SMARTS) is 1. The monoisotopic (exact) mass is 390 g/mol. The lowest BCUT2D eigenvalue weighted by molar-refractivity contribution is -0.277. The van der Waals surface area contributed by atoms with E-state index >= 15 is 0 Å². The number of hydrogen-bond donors (Lipinski definition) is 5. The lowest BCUT2D eigenvalue weighted by Gasteiger charge is -2.39. The van der Waals surface area contributed by atoms with Crippen LogP contribution in [0.5, 0.6) is 5.75 Å². The molecule has 1 aliphatic rings. The van der Waals surface area contributed by atoms with Crippen molar-refractivity contribution in [3.8, 4) is 16.9 Å². The minimum atomic E-state index is -1.52. The highest BCUT2D eigenvalue weighted by molar-refractivity contribution is 5.89. The van der Waals surface area contributed by atoms with Gasteiger partial charge in [-0.2, -0.15) is 0 Å². The summed E-state index contributed by atoms with van der Waals surface area (Å²) in [5.41, 5.74) is 2.37. The van der Waals surface area contributed by atoms with Crippen LogP contribution in [0.3, 0.4) is 0 Å². The maximum absolute atomic E-state index is 11.1. The van der Waals surface area contributed by atoms with E-state index in [1.807, 2.05) is 0 Å². The molecule has 1 saturated heterocycles. The first kappa shape index (κ1) is 20.2. The van der Waals surface area contributed by atoms with Crippen LogP contribution < -0.4 is 4.74 Å². The van der Waals surface area contributed by atoms with E-state index in [2.05, 4.69) is 0 Å². The van der Waals surface area contributed by atoms with E-state index in [1.54, 1.807) is 43.3 Å². The Morgan fingerprint density at radius 1 is 1.04 bits per heavy atom. The van der Waals surface area contributed by atoms with E-state index < -0.39 is 43.3 Å². The molecule has 3 rings (SSSR count). The predicted octanol–water partition coefficient (Wildman–Crippen LogP) is 0.539. The Morgan fingerprint density at radius 2 is 1.75 bits per heavy atom. The summed E-state index contributed by atoms with van der Waals surface area (Å²) in [6.45, 7) is 1.23. The van der Waals surface area contributed by atoms with Gasteiger partial charge in [-0.3, -0.25) is 0 Å². The Kier molecular flexibility index (Phi) is 5.97. The first-order valence-corrected chi connectivity index (χ1v) is 8.73. The lowest BCUT2D eigenvalue weighted by Crippen LogP contribution is -2.60. The van der Waals surface area contributed by atoms with Gasteiger partial charge in [0.05, 0.1) is 12.2 Å². The van der Waals surface area contributed by atoms with Crippen molar-refractivity contribution in [3.63, 3.8) is 0 Å². The molecule has 2 aromatic carbocycles. The molecular formula is C20H22O8. The normalized spacial score (nSPS) is 27.4. The fraction of sp³-hybridized carbons (Fsp3) is 0.350. The Balaban J connectivity index is 1.81. The van der Waals surface area contributed by atoms with E-state index in [-0.39, 0.29) is 5.56 Å². The summed E-state index contributed by atoms with van der Waals surface area (Å²) in [6.07, 6.45) is -6.79. The number of benzene rings is 2. The van der Waals surface area contributed by atoms with Crippen LogP contribution in [0.25, 0.3) is 11.1 Å². The van der Waals surface area contributed by atoms with Gasteiger partial charge < -0.3 is 35.0 Å². The average molecular weight is 390 g/mol. The molecule has 1 heterocycles. The maximum Gasteiger partial charge on any atom is 0.335 e. The van der Waals surface area contributed by atoms with Crippen LogP contribution in [-0.4, -0.2) is 68.8 Å². The van der Waals surface area contributed by atoms with Crippen molar-refractivity contribution in [2.45, 2.75) is 37.6 Å². The van der Waals surface area contributed by atoms with Gasteiger partial charge in [0, 0.05) is 0 Å². The summed E-state index contributed by atoms with van der Waals surface area (Å²) < 4.78 is 11.0. The summed E-state index contributed by atoms with van der Waals surface area (Å²) in [6, 6.07) is 11.7. The molecule has 0 amide bonds. The lowest BCUT2D eigenvalue weighted by atomic mass is 9.99. The van der Waals surface area contributed by atoms with Crippen molar-refractivity contribution in [1.82, 2.24) is 0 Å². The quantitative estimate of drug-likeness (QED) is 0.499. The number of aryl methyl sites for hydroxylation is 1.